The Hall–Kier alpha value is -1.88. The van der Waals surface area contributed by atoms with Gasteiger partial charge >= 0.3 is 0 Å². The number of hydrogen-bond donors (Lipinski definition) is 0. The highest BCUT2D eigenvalue weighted by molar-refractivity contribution is 9.08. The summed E-state index contributed by atoms with van der Waals surface area (Å²) in [7, 11) is 0. The van der Waals surface area contributed by atoms with Crippen molar-refractivity contribution in [2.24, 2.45) is 0 Å². The predicted molar refractivity (Wildman–Crippen MR) is 86.1 cm³/mol. The van der Waals surface area contributed by atoms with Crippen molar-refractivity contribution in [3.8, 4) is 5.75 Å². The molecule has 21 heavy (non-hydrogen) atoms. The molecule has 0 unspecified atom stereocenters. The maximum Gasteiger partial charge on any atom is 0.272 e. The number of rotatable bonds is 6. The summed E-state index contributed by atoms with van der Waals surface area (Å²) in [6, 6.07) is 12.7. The topological polar surface area (TPSA) is 52.4 Å². The van der Waals surface area contributed by atoms with Gasteiger partial charge in [-0.3, -0.25) is 10.1 Å². The van der Waals surface area contributed by atoms with Crippen molar-refractivity contribution in [3.05, 3.63) is 69.3 Å². The quantitative estimate of drug-likeness (QED) is 0.440. The number of halogens is 1. The Balaban J connectivity index is 2.07. The molecule has 4 nitrogen and oxygen atoms in total. The zero-order chi connectivity index (χ0) is 15.2. The second-order valence-electron chi connectivity index (χ2n) is 4.68. The normalized spacial score (nSPS) is 10.4. The zero-order valence-electron chi connectivity index (χ0n) is 11.7. The van der Waals surface area contributed by atoms with Crippen molar-refractivity contribution < 1.29 is 9.66 Å². The van der Waals surface area contributed by atoms with Gasteiger partial charge in [0.1, 0.15) is 5.75 Å². The van der Waals surface area contributed by atoms with Crippen molar-refractivity contribution in [2.45, 2.75) is 18.7 Å². The van der Waals surface area contributed by atoms with Gasteiger partial charge < -0.3 is 4.74 Å². The van der Waals surface area contributed by atoms with Gasteiger partial charge in [-0.2, -0.15) is 0 Å². The summed E-state index contributed by atoms with van der Waals surface area (Å²) in [5.74, 6) is 0.855. The number of nitro groups is 1. The number of ether oxygens (including phenoxy) is 1. The molecule has 0 saturated heterocycles. The van der Waals surface area contributed by atoms with E-state index in [1.165, 1.54) is 6.07 Å². The van der Waals surface area contributed by atoms with Crippen molar-refractivity contribution in [1.29, 1.82) is 0 Å². The van der Waals surface area contributed by atoms with Crippen molar-refractivity contribution in [3.63, 3.8) is 0 Å². The molecule has 2 rings (SSSR count). The molecule has 0 saturated carbocycles. The lowest BCUT2D eigenvalue weighted by Crippen LogP contribution is -2.06. The molecule has 5 heteroatoms. The zero-order valence-corrected chi connectivity index (χ0v) is 13.3. The average molecular weight is 350 g/mol. The predicted octanol–water partition coefficient (Wildman–Crippen LogP) is 4.42. The van der Waals surface area contributed by atoms with Crippen LogP contribution in [0.2, 0.25) is 0 Å². The maximum absolute atomic E-state index is 11.0. The fourth-order valence-electron chi connectivity index (χ4n) is 2.19. The number of nitro benzene ring substituents is 1. The molecule has 0 aliphatic carbocycles. The van der Waals surface area contributed by atoms with Gasteiger partial charge in [0.05, 0.1) is 11.5 Å². The fraction of sp³-hybridized carbons (Fsp3) is 0.250. The minimum atomic E-state index is -0.354. The molecule has 0 N–H and O–H groups in total. The Bertz CT molecular complexity index is 643. The van der Waals surface area contributed by atoms with Gasteiger partial charge in [0.2, 0.25) is 0 Å². The van der Waals surface area contributed by atoms with Crippen LogP contribution in [0.1, 0.15) is 16.7 Å². The first kappa shape index (κ1) is 15.5. The average Bonchev–Trinajstić information content (AvgIpc) is 2.49. The molecule has 0 aliphatic heterocycles. The first-order chi connectivity index (χ1) is 10.1. The molecule has 2 aromatic rings. The molecule has 0 heterocycles. The van der Waals surface area contributed by atoms with Gasteiger partial charge in [0, 0.05) is 28.9 Å². The van der Waals surface area contributed by atoms with E-state index in [2.05, 4.69) is 15.9 Å². The van der Waals surface area contributed by atoms with Gasteiger partial charge in [0.25, 0.3) is 5.69 Å². The van der Waals surface area contributed by atoms with Crippen LogP contribution in [0.25, 0.3) is 0 Å². The maximum atomic E-state index is 11.0. The van der Waals surface area contributed by atoms with Crippen LogP contribution in [-0.2, 0) is 11.8 Å². The van der Waals surface area contributed by atoms with Crippen LogP contribution in [0.4, 0.5) is 5.69 Å². The third-order valence-corrected chi connectivity index (χ3v) is 3.85. The summed E-state index contributed by atoms with van der Waals surface area (Å²) in [5, 5.41) is 11.7. The van der Waals surface area contributed by atoms with Crippen LogP contribution in [0.5, 0.6) is 5.75 Å². The monoisotopic (exact) mass is 349 g/mol. The van der Waals surface area contributed by atoms with Crippen LogP contribution in [0.15, 0.2) is 42.5 Å². The molecule has 0 amide bonds. The highest BCUT2D eigenvalue weighted by atomic mass is 79.9. The van der Waals surface area contributed by atoms with E-state index in [9.17, 15) is 10.1 Å². The Morgan fingerprint density at radius 3 is 2.57 bits per heavy atom. The van der Waals surface area contributed by atoms with Gasteiger partial charge in [-0.25, -0.2) is 0 Å². The number of para-hydroxylation sites is 2. The van der Waals surface area contributed by atoms with Crippen molar-refractivity contribution in [1.82, 2.24) is 0 Å². The van der Waals surface area contributed by atoms with Crippen LogP contribution in [0, 0.1) is 17.0 Å². The van der Waals surface area contributed by atoms with Crippen molar-refractivity contribution in [2.75, 3.05) is 6.61 Å². The molecule has 0 spiro atoms. The van der Waals surface area contributed by atoms with Crippen LogP contribution in [0.3, 0.4) is 0 Å². The third kappa shape index (κ3) is 3.82. The van der Waals surface area contributed by atoms with Gasteiger partial charge in [-0.1, -0.05) is 52.3 Å². The largest absolute Gasteiger partial charge is 0.493 e. The first-order valence-corrected chi connectivity index (χ1v) is 7.75. The molecule has 0 bridgehead atoms. The van der Waals surface area contributed by atoms with Crippen LogP contribution < -0.4 is 4.74 Å². The summed E-state index contributed by atoms with van der Waals surface area (Å²) in [6.07, 6.45) is 0.507. The van der Waals surface area contributed by atoms with E-state index in [1.54, 1.807) is 18.2 Å². The first-order valence-electron chi connectivity index (χ1n) is 6.63. The summed E-state index contributed by atoms with van der Waals surface area (Å²) in [6.45, 7) is 2.40. The fourth-order valence-corrected chi connectivity index (χ4v) is 2.63. The summed E-state index contributed by atoms with van der Waals surface area (Å²) in [4.78, 5) is 10.6. The SMILES string of the molecule is Cc1cccc(CBr)c1OCCc1ccccc1[N+](=O)[O-]. The lowest BCUT2D eigenvalue weighted by molar-refractivity contribution is -0.385. The molecule has 110 valence electrons. The minimum absolute atomic E-state index is 0.145. The Kier molecular flexibility index (Phi) is 5.33. The molecular formula is C16H16BrNO3. The number of nitrogens with zero attached hydrogens (tertiary/aromatic N) is 1. The van der Waals surface area contributed by atoms with E-state index in [-0.39, 0.29) is 10.6 Å². The van der Waals surface area contributed by atoms with E-state index in [0.29, 0.717) is 18.6 Å². The van der Waals surface area contributed by atoms with E-state index in [4.69, 9.17) is 4.74 Å². The summed E-state index contributed by atoms with van der Waals surface area (Å²) >= 11 is 3.44. The standard InChI is InChI=1S/C16H16BrNO3/c1-12-5-4-7-14(11-17)16(12)21-10-9-13-6-2-3-8-15(13)18(19)20/h2-8H,9-11H2,1H3. The van der Waals surface area contributed by atoms with Crippen LogP contribution in [-0.4, -0.2) is 11.5 Å². The van der Waals surface area contributed by atoms with Crippen LogP contribution >= 0.6 is 15.9 Å². The summed E-state index contributed by atoms with van der Waals surface area (Å²) < 4.78 is 5.84. The van der Waals surface area contributed by atoms with Crippen molar-refractivity contribution >= 4 is 21.6 Å². The Morgan fingerprint density at radius 2 is 1.86 bits per heavy atom. The smallest absolute Gasteiger partial charge is 0.272 e. The molecule has 0 aromatic heterocycles. The number of aryl methyl sites for hydroxylation is 1. The Labute approximate surface area is 132 Å². The third-order valence-electron chi connectivity index (χ3n) is 3.24. The van der Waals surface area contributed by atoms with E-state index >= 15 is 0 Å². The minimum Gasteiger partial charge on any atom is -0.493 e. The highest BCUT2D eigenvalue weighted by Crippen LogP contribution is 2.26. The lowest BCUT2D eigenvalue weighted by atomic mass is 10.1. The molecule has 0 aliphatic rings. The highest BCUT2D eigenvalue weighted by Gasteiger charge is 2.12. The molecule has 0 atom stereocenters. The molecule has 0 fully saturated rings. The van der Waals surface area contributed by atoms with Gasteiger partial charge in [0.15, 0.2) is 0 Å². The molecule has 2 aromatic carbocycles. The van der Waals surface area contributed by atoms with E-state index in [0.717, 1.165) is 22.2 Å². The molecular weight excluding hydrogens is 334 g/mol. The van der Waals surface area contributed by atoms with Gasteiger partial charge in [-0.15, -0.1) is 0 Å². The lowest BCUT2D eigenvalue weighted by Gasteiger charge is -2.13. The number of hydrogen-bond acceptors (Lipinski definition) is 3. The number of benzene rings is 2. The Morgan fingerprint density at radius 1 is 1.14 bits per heavy atom. The number of alkyl halides is 1. The second-order valence-corrected chi connectivity index (χ2v) is 5.24. The molecule has 0 radical (unpaired) electrons. The van der Waals surface area contributed by atoms with E-state index in [1.807, 2.05) is 25.1 Å². The second kappa shape index (κ2) is 7.22. The van der Waals surface area contributed by atoms with Gasteiger partial charge in [-0.05, 0) is 12.5 Å². The van der Waals surface area contributed by atoms with E-state index < -0.39 is 0 Å². The summed E-state index contributed by atoms with van der Waals surface area (Å²) in [5.41, 5.74) is 2.98.